The Hall–Kier alpha value is -1.60. The summed E-state index contributed by atoms with van der Waals surface area (Å²) in [6.45, 7) is 5.39. The maximum absolute atomic E-state index is 12.6. The molecule has 0 N–H and O–H groups in total. The van der Waals surface area contributed by atoms with Crippen molar-refractivity contribution in [3.8, 4) is 0 Å². The third-order valence-electron chi connectivity index (χ3n) is 3.06. The molecule has 1 aliphatic rings. The van der Waals surface area contributed by atoms with Crippen molar-refractivity contribution in [2.45, 2.75) is 39.2 Å². The van der Waals surface area contributed by atoms with Crippen LogP contribution in [0.1, 0.15) is 33.6 Å². The van der Waals surface area contributed by atoms with Crippen molar-refractivity contribution < 1.29 is 22.8 Å². The molecule has 0 radical (unpaired) electrons. The standard InChI is InChI=1S/C16H23NO5S/c1-16(2,3)22-15(18)12-23(19,20)17(21-11-13-9-10-13)14-7-5-4-6-8-14/h4-8,13H,9-12H2,1-3H3. The number of nitrogens with zero attached hydrogens (tertiary/aromatic N) is 1. The Balaban J connectivity index is 2.13. The van der Waals surface area contributed by atoms with Crippen LogP contribution in [0.3, 0.4) is 0 Å². The molecule has 1 fully saturated rings. The van der Waals surface area contributed by atoms with E-state index in [0.717, 1.165) is 17.3 Å². The first-order valence-corrected chi connectivity index (χ1v) is 9.21. The van der Waals surface area contributed by atoms with Crippen molar-refractivity contribution in [1.82, 2.24) is 0 Å². The normalized spacial score (nSPS) is 15.3. The average molecular weight is 341 g/mol. The third-order valence-corrected chi connectivity index (χ3v) is 4.49. The van der Waals surface area contributed by atoms with E-state index in [0.29, 0.717) is 18.2 Å². The molecule has 1 aromatic rings. The number of carbonyl (C=O) groups is 1. The lowest BCUT2D eigenvalue weighted by molar-refractivity contribution is -0.151. The molecule has 23 heavy (non-hydrogen) atoms. The van der Waals surface area contributed by atoms with Gasteiger partial charge in [0.25, 0.3) is 10.0 Å². The van der Waals surface area contributed by atoms with Gasteiger partial charge in [-0.25, -0.2) is 8.42 Å². The van der Waals surface area contributed by atoms with Gasteiger partial charge in [0.05, 0.1) is 12.3 Å². The highest BCUT2D eigenvalue weighted by atomic mass is 32.2. The average Bonchev–Trinajstić information content (AvgIpc) is 3.20. The molecule has 2 rings (SSSR count). The molecule has 128 valence electrons. The summed E-state index contributed by atoms with van der Waals surface area (Å²) in [7, 11) is -3.98. The Bertz CT molecular complexity index is 632. The van der Waals surface area contributed by atoms with Gasteiger partial charge < -0.3 is 4.74 Å². The summed E-state index contributed by atoms with van der Waals surface area (Å²) in [5.74, 6) is -1.17. The molecule has 0 aliphatic heterocycles. The maximum atomic E-state index is 12.6. The molecule has 0 bridgehead atoms. The minimum absolute atomic E-state index is 0.322. The number of anilines is 1. The zero-order chi connectivity index (χ0) is 17.1. The fraction of sp³-hybridized carbons (Fsp3) is 0.562. The summed E-state index contributed by atoms with van der Waals surface area (Å²) < 4.78 is 31.1. The second kappa shape index (κ2) is 6.88. The van der Waals surface area contributed by atoms with E-state index in [4.69, 9.17) is 9.57 Å². The first kappa shape index (κ1) is 17.7. The summed E-state index contributed by atoms with van der Waals surface area (Å²) in [6.07, 6.45) is 2.07. The molecule has 0 saturated heterocycles. The monoisotopic (exact) mass is 341 g/mol. The van der Waals surface area contributed by atoms with Crippen LogP contribution in [-0.4, -0.2) is 32.3 Å². The molecule has 0 spiro atoms. The number of esters is 1. The zero-order valence-corrected chi connectivity index (χ0v) is 14.5. The summed E-state index contributed by atoms with van der Waals surface area (Å²) in [5, 5.41) is 0. The lowest BCUT2D eigenvalue weighted by atomic mass is 10.2. The Morgan fingerprint density at radius 1 is 1.22 bits per heavy atom. The first-order chi connectivity index (χ1) is 10.7. The number of benzene rings is 1. The van der Waals surface area contributed by atoms with E-state index in [1.807, 2.05) is 0 Å². The van der Waals surface area contributed by atoms with E-state index in [-0.39, 0.29) is 0 Å². The Morgan fingerprint density at radius 3 is 2.35 bits per heavy atom. The highest BCUT2D eigenvalue weighted by Gasteiger charge is 2.32. The van der Waals surface area contributed by atoms with Crippen LogP contribution in [-0.2, 0) is 24.4 Å². The summed E-state index contributed by atoms with van der Waals surface area (Å²) in [5.41, 5.74) is -0.365. The molecule has 1 saturated carbocycles. The highest BCUT2D eigenvalue weighted by Crippen LogP contribution is 2.30. The molecular formula is C16H23NO5S. The number of ether oxygens (including phenoxy) is 1. The van der Waals surface area contributed by atoms with Gasteiger partial charge in [-0.2, -0.15) is 0 Å². The largest absolute Gasteiger partial charge is 0.459 e. The SMILES string of the molecule is CC(C)(C)OC(=O)CS(=O)(=O)N(OCC1CC1)c1ccccc1. The Morgan fingerprint density at radius 2 is 1.83 bits per heavy atom. The summed E-state index contributed by atoms with van der Waals surface area (Å²) >= 11 is 0. The van der Waals surface area contributed by atoms with Crippen LogP contribution in [0.4, 0.5) is 5.69 Å². The van der Waals surface area contributed by atoms with Gasteiger partial charge in [-0.1, -0.05) is 18.2 Å². The second-order valence-corrected chi connectivity index (χ2v) is 8.43. The number of sulfonamides is 1. The molecule has 6 nitrogen and oxygen atoms in total. The van der Waals surface area contributed by atoms with E-state index in [1.165, 1.54) is 0 Å². The topological polar surface area (TPSA) is 72.9 Å². The van der Waals surface area contributed by atoms with Gasteiger partial charge in [-0.3, -0.25) is 9.63 Å². The number of hydrogen-bond donors (Lipinski definition) is 0. The predicted molar refractivity (Wildman–Crippen MR) is 87.2 cm³/mol. The fourth-order valence-electron chi connectivity index (χ4n) is 1.90. The van der Waals surface area contributed by atoms with E-state index in [9.17, 15) is 13.2 Å². The molecule has 0 aromatic heterocycles. The quantitative estimate of drug-likeness (QED) is 0.563. The fourth-order valence-corrected chi connectivity index (χ4v) is 3.04. The Labute approximate surface area is 137 Å². The zero-order valence-electron chi connectivity index (χ0n) is 13.7. The predicted octanol–water partition coefficient (Wildman–Crippen LogP) is 2.51. The van der Waals surface area contributed by atoms with Crippen molar-refractivity contribution in [3.05, 3.63) is 30.3 Å². The molecule has 1 aromatic carbocycles. The summed E-state index contributed by atoms with van der Waals surface area (Å²) in [6, 6.07) is 8.46. The van der Waals surface area contributed by atoms with Crippen LogP contribution >= 0.6 is 0 Å². The van der Waals surface area contributed by atoms with Crippen molar-refractivity contribution in [1.29, 1.82) is 0 Å². The van der Waals surface area contributed by atoms with Crippen molar-refractivity contribution >= 4 is 21.7 Å². The Kier molecular flexibility index (Phi) is 5.31. The van der Waals surface area contributed by atoms with Crippen LogP contribution in [0, 0.1) is 5.92 Å². The van der Waals surface area contributed by atoms with Crippen LogP contribution < -0.4 is 4.47 Å². The molecule has 0 heterocycles. The van der Waals surface area contributed by atoms with Crippen molar-refractivity contribution in [2.75, 3.05) is 16.8 Å². The number of hydrogen-bond acceptors (Lipinski definition) is 5. The molecule has 0 unspecified atom stereocenters. The number of para-hydroxylation sites is 1. The van der Waals surface area contributed by atoms with Crippen LogP contribution in [0.15, 0.2) is 30.3 Å². The van der Waals surface area contributed by atoms with Gasteiger partial charge in [0.2, 0.25) is 0 Å². The van der Waals surface area contributed by atoms with Gasteiger partial charge >= 0.3 is 5.97 Å². The number of rotatable bonds is 7. The van der Waals surface area contributed by atoms with E-state index >= 15 is 0 Å². The second-order valence-electron chi connectivity index (χ2n) is 6.64. The van der Waals surface area contributed by atoms with E-state index in [1.54, 1.807) is 51.1 Å². The molecule has 0 amide bonds. The minimum atomic E-state index is -3.98. The molecular weight excluding hydrogens is 318 g/mol. The van der Waals surface area contributed by atoms with E-state index in [2.05, 4.69) is 0 Å². The van der Waals surface area contributed by atoms with E-state index < -0.39 is 27.3 Å². The minimum Gasteiger partial charge on any atom is -0.459 e. The lowest BCUT2D eigenvalue weighted by Gasteiger charge is -2.24. The summed E-state index contributed by atoms with van der Waals surface area (Å²) in [4.78, 5) is 17.4. The van der Waals surface area contributed by atoms with Crippen LogP contribution in [0.5, 0.6) is 0 Å². The third kappa shape index (κ3) is 5.84. The highest BCUT2D eigenvalue weighted by molar-refractivity contribution is 7.93. The maximum Gasteiger partial charge on any atom is 0.323 e. The smallest absolute Gasteiger partial charge is 0.323 e. The van der Waals surface area contributed by atoms with Gasteiger partial charge in [-0.05, 0) is 51.7 Å². The number of carbonyl (C=O) groups excluding carboxylic acids is 1. The van der Waals surface area contributed by atoms with Gasteiger partial charge in [-0.15, -0.1) is 4.47 Å². The van der Waals surface area contributed by atoms with Gasteiger partial charge in [0, 0.05) is 0 Å². The van der Waals surface area contributed by atoms with Gasteiger partial charge in [0.1, 0.15) is 5.60 Å². The van der Waals surface area contributed by atoms with Crippen molar-refractivity contribution in [2.24, 2.45) is 5.92 Å². The van der Waals surface area contributed by atoms with Crippen LogP contribution in [0.25, 0.3) is 0 Å². The van der Waals surface area contributed by atoms with Crippen molar-refractivity contribution in [3.63, 3.8) is 0 Å². The molecule has 1 aliphatic carbocycles. The molecule has 7 heteroatoms. The first-order valence-electron chi connectivity index (χ1n) is 7.60. The van der Waals surface area contributed by atoms with Gasteiger partial charge in [0.15, 0.2) is 5.75 Å². The molecule has 0 atom stereocenters. The lowest BCUT2D eigenvalue weighted by Crippen LogP contribution is -2.38. The van der Waals surface area contributed by atoms with Crippen LogP contribution in [0.2, 0.25) is 0 Å².